The van der Waals surface area contributed by atoms with E-state index in [1.165, 1.54) is 0 Å². The molecule has 2 aliphatic rings. The summed E-state index contributed by atoms with van der Waals surface area (Å²) in [5.74, 6) is -0.177. The molecule has 0 saturated heterocycles. The lowest BCUT2D eigenvalue weighted by Crippen LogP contribution is -2.38. The summed E-state index contributed by atoms with van der Waals surface area (Å²) in [6, 6.07) is 17.7. The zero-order valence-corrected chi connectivity index (χ0v) is 21.1. The summed E-state index contributed by atoms with van der Waals surface area (Å²) in [6.07, 6.45) is 2.92. The van der Waals surface area contributed by atoms with E-state index in [4.69, 9.17) is 9.47 Å². The summed E-state index contributed by atoms with van der Waals surface area (Å²) >= 11 is 0. The van der Waals surface area contributed by atoms with Crippen molar-refractivity contribution in [3.05, 3.63) is 88.3 Å². The number of carbonyl (C=O) groups is 2. The summed E-state index contributed by atoms with van der Waals surface area (Å²) < 4.78 is 11.9. The van der Waals surface area contributed by atoms with Crippen molar-refractivity contribution in [2.45, 2.75) is 65.9 Å². The first kappa shape index (κ1) is 24.8. The molecule has 184 valence electrons. The molecule has 1 atom stereocenters. The second-order valence-electron chi connectivity index (χ2n) is 10.2. The van der Waals surface area contributed by atoms with Crippen molar-refractivity contribution in [2.24, 2.45) is 5.41 Å². The topological polar surface area (TPSA) is 64.6 Å². The molecule has 5 heteroatoms. The van der Waals surface area contributed by atoms with Gasteiger partial charge in [-0.2, -0.15) is 0 Å². The second kappa shape index (κ2) is 10.5. The van der Waals surface area contributed by atoms with E-state index in [1.54, 1.807) is 0 Å². The third-order valence-electron chi connectivity index (χ3n) is 6.66. The summed E-state index contributed by atoms with van der Waals surface area (Å²) in [5.41, 5.74) is 4.50. The normalized spacial score (nSPS) is 19.2. The fourth-order valence-electron chi connectivity index (χ4n) is 4.99. The molecule has 0 unspecified atom stereocenters. The van der Waals surface area contributed by atoms with Gasteiger partial charge in [-0.15, -0.1) is 0 Å². The Balaban J connectivity index is 1.77. The summed E-state index contributed by atoms with van der Waals surface area (Å²) in [4.78, 5) is 26.9. The second-order valence-corrected chi connectivity index (χ2v) is 10.2. The van der Waals surface area contributed by atoms with Gasteiger partial charge in [0, 0.05) is 29.0 Å². The van der Waals surface area contributed by atoms with Crippen molar-refractivity contribution >= 4 is 11.8 Å². The minimum absolute atomic E-state index is 0.0676. The van der Waals surface area contributed by atoms with E-state index in [9.17, 15) is 9.59 Å². The summed E-state index contributed by atoms with van der Waals surface area (Å²) in [6.45, 7) is 8.92. The Morgan fingerprint density at radius 2 is 1.77 bits per heavy atom. The predicted octanol–water partition coefficient (Wildman–Crippen LogP) is 6.21. The van der Waals surface area contributed by atoms with E-state index in [0.717, 1.165) is 41.8 Å². The number of Topliss-reactive ketones (excluding diaryl/α,β-unsaturated/α-hetero) is 1. The zero-order chi connectivity index (χ0) is 25.0. The SMILES string of the molecule is CCCCOC(=O)C1=C(C)NC2=C(C(=O)CC(C)(C)C2)[C@@H]1c1ccccc1OCc1ccccc1. The number of hydrogen-bond acceptors (Lipinski definition) is 5. The van der Waals surface area contributed by atoms with Crippen LogP contribution < -0.4 is 10.1 Å². The highest BCUT2D eigenvalue weighted by Gasteiger charge is 2.44. The van der Waals surface area contributed by atoms with Gasteiger partial charge in [0.1, 0.15) is 12.4 Å². The Morgan fingerprint density at radius 3 is 2.51 bits per heavy atom. The number of dihydropyridines is 1. The number of unbranched alkanes of at least 4 members (excludes halogenated alkanes) is 1. The van der Waals surface area contributed by atoms with Crippen LogP contribution in [0.2, 0.25) is 0 Å². The van der Waals surface area contributed by atoms with E-state index in [0.29, 0.717) is 36.5 Å². The fraction of sp³-hybridized carbons (Fsp3) is 0.400. The highest BCUT2D eigenvalue weighted by molar-refractivity contribution is 6.04. The van der Waals surface area contributed by atoms with Gasteiger partial charge < -0.3 is 14.8 Å². The van der Waals surface area contributed by atoms with Crippen LogP contribution in [0.3, 0.4) is 0 Å². The van der Waals surface area contributed by atoms with Gasteiger partial charge in [0.25, 0.3) is 0 Å². The summed E-state index contributed by atoms with van der Waals surface area (Å²) in [5, 5.41) is 3.40. The quantitative estimate of drug-likeness (QED) is 0.365. The van der Waals surface area contributed by atoms with Crippen LogP contribution in [0.5, 0.6) is 5.75 Å². The molecule has 4 rings (SSSR count). The zero-order valence-electron chi connectivity index (χ0n) is 21.1. The number of benzene rings is 2. The third kappa shape index (κ3) is 5.50. The molecule has 2 aromatic rings. The van der Waals surface area contributed by atoms with Crippen LogP contribution in [0.4, 0.5) is 0 Å². The standard InChI is InChI=1S/C30H35NO4/c1-5-6-16-34-29(33)26-20(2)31-23-17-30(3,4)18-24(32)28(23)27(26)22-14-10-11-15-25(22)35-19-21-12-8-7-9-13-21/h7-15,27,31H,5-6,16-19H2,1-4H3/t27-/m1/s1. The Hall–Kier alpha value is -3.34. The largest absolute Gasteiger partial charge is 0.489 e. The lowest BCUT2D eigenvalue weighted by atomic mass is 9.68. The highest BCUT2D eigenvalue weighted by Crippen LogP contribution is 2.48. The highest BCUT2D eigenvalue weighted by atomic mass is 16.5. The van der Waals surface area contributed by atoms with Crippen LogP contribution in [0, 0.1) is 5.41 Å². The first-order valence-corrected chi connectivity index (χ1v) is 12.5. The maximum absolute atomic E-state index is 13.5. The molecule has 0 radical (unpaired) electrons. The van der Waals surface area contributed by atoms with Crippen molar-refractivity contribution in [1.82, 2.24) is 5.32 Å². The van der Waals surface area contributed by atoms with Crippen molar-refractivity contribution in [3.63, 3.8) is 0 Å². The van der Waals surface area contributed by atoms with Gasteiger partial charge >= 0.3 is 5.97 Å². The minimum Gasteiger partial charge on any atom is -0.489 e. The Kier molecular flexibility index (Phi) is 7.44. The van der Waals surface area contributed by atoms with Crippen LogP contribution >= 0.6 is 0 Å². The van der Waals surface area contributed by atoms with Gasteiger partial charge in [-0.25, -0.2) is 4.79 Å². The van der Waals surface area contributed by atoms with Crippen molar-refractivity contribution < 1.29 is 19.1 Å². The van der Waals surface area contributed by atoms with E-state index >= 15 is 0 Å². The first-order valence-electron chi connectivity index (χ1n) is 12.5. The number of esters is 1. The van der Waals surface area contributed by atoms with Gasteiger partial charge in [-0.1, -0.05) is 75.7 Å². The average Bonchev–Trinajstić information content (AvgIpc) is 2.82. The third-order valence-corrected chi connectivity index (χ3v) is 6.66. The molecule has 1 aliphatic carbocycles. The Bertz CT molecular complexity index is 1160. The predicted molar refractivity (Wildman–Crippen MR) is 137 cm³/mol. The van der Waals surface area contributed by atoms with Gasteiger partial charge in [-0.05, 0) is 36.8 Å². The number of ketones is 1. The molecule has 2 aromatic carbocycles. The molecule has 0 fully saturated rings. The smallest absolute Gasteiger partial charge is 0.336 e. The lowest BCUT2D eigenvalue weighted by Gasteiger charge is -2.39. The molecule has 35 heavy (non-hydrogen) atoms. The molecule has 5 nitrogen and oxygen atoms in total. The minimum atomic E-state index is -0.532. The number of rotatable bonds is 8. The number of allylic oxidation sites excluding steroid dienone is 3. The van der Waals surface area contributed by atoms with Gasteiger partial charge in [0.15, 0.2) is 5.78 Å². The van der Waals surface area contributed by atoms with Crippen LogP contribution in [-0.2, 0) is 20.9 Å². The average molecular weight is 474 g/mol. The number of para-hydroxylation sites is 1. The maximum Gasteiger partial charge on any atom is 0.336 e. The molecular formula is C30H35NO4. The molecule has 0 aromatic heterocycles. The van der Waals surface area contributed by atoms with Crippen LogP contribution in [0.15, 0.2) is 77.1 Å². The van der Waals surface area contributed by atoms with Crippen molar-refractivity contribution in [1.29, 1.82) is 0 Å². The van der Waals surface area contributed by atoms with Crippen molar-refractivity contribution in [3.8, 4) is 5.75 Å². The molecule has 1 aliphatic heterocycles. The van der Waals surface area contributed by atoms with Gasteiger partial charge in [0.2, 0.25) is 0 Å². The van der Waals surface area contributed by atoms with E-state index in [1.807, 2.05) is 61.5 Å². The van der Waals surface area contributed by atoms with Crippen LogP contribution in [0.1, 0.15) is 70.4 Å². The van der Waals surface area contributed by atoms with E-state index in [2.05, 4.69) is 26.1 Å². The molecule has 0 spiro atoms. The fourth-order valence-corrected chi connectivity index (χ4v) is 4.99. The lowest BCUT2D eigenvalue weighted by molar-refractivity contribution is -0.139. The molecule has 0 saturated carbocycles. The summed E-state index contributed by atoms with van der Waals surface area (Å²) in [7, 11) is 0. The molecule has 0 amide bonds. The van der Waals surface area contributed by atoms with E-state index < -0.39 is 5.92 Å². The Morgan fingerprint density at radius 1 is 1.06 bits per heavy atom. The number of carbonyl (C=O) groups excluding carboxylic acids is 2. The molecular weight excluding hydrogens is 438 g/mol. The Labute approximate surface area is 208 Å². The number of nitrogens with one attached hydrogen (secondary N) is 1. The van der Waals surface area contributed by atoms with Gasteiger partial charge in [-0.3, -0.25) is 4.79 Å². The molecule has 0 bridgehead atoms. The molecule has 1 N–H and O–H groups in total. The monoisotopic (exact) mass is 473 g/mol. The van der Waals surface area contributed by atoms with E-state index in [-0.39, 0.29) is 17.2 Å². The van der Waals surface area contributed by atoms with Crippen LogP contribution in [0.25, 0.3) is 0 Å². The maximum atomic E-state index is 13.5. The van der Waals surface area contributed by atoms with Crippen molar-refractivity contribution in [2.75, 3.05) is 6.61 Å². The van der Waals surface area contributed by atoms with Crippen LogP contribution in [-0.4, -0.2) is 18.4 Å². The van der Waals surface area contributed by atoms with Gasteiger partial charge in [0.05, 0.1) is 18.1 Å². The first-order chi connectivity index (χ1) is 16.8. The molecule has 1 heterocycles. The number of hydrogen-bond donors (Lipinski definition) is 1. The number of ether oxygens (including phenoxy) is 2.